The molecule has 2 N–H and O–H groups in total. The van der Waals surface area contributed by atoms with E-state index in [-0.39, 0.29) is 5.82 Å². The molecule has 2 aliphatic rings. The zero-order chi connectivity index (χ0) is 18.4. The lowest BCUT2D eigenvalue weighted by atomic mass is 10.0. The van der Waals surface area contributed by atoms with Crippen molar-refractivity contribution in [2.45, 2.75) is 18.8 Å². The van der Waals surface area contributed by atoms with Gasteiger partial charge in [-0.1, -0.05) is 6.07 Å². The van der Waals surface area contributed by atoms with Crippen molar-refractivity contribution in [3.8, 4) is 17.0 Å². The van der Waals surface area contributed by atoms with Crippen molar-refractivity contribution in [2.24, 2.45) is 0 Å². The number of rotatable bonds is 3. The molecule has 1 aliphatic heterocycles. The van der Waals surface area contributed by atoms with Crippen LogP contribution in [0.25, 0.3) is 11.3 Å². The van der Waals surface area contributed by atoms with Gasteiger partial charge in [0.1, 0.15) is 18.2 Å². The van der Waals surface area contributed by atoms with Crippen LogP contribution in [0.4, 0.5) is 21.6 Å². The Hall–Kier alpha value is -3.15. The van der Waals surface area contributed by atoms with Gasteiger partial charge in [-0.15, -0.1) is 0 Å². The number of hydrogen-bond donors (Lipinski definition) is 1. The number of halogens is 1. The van der Waals surface area contributed by atoms with Gasteiger partial charge < -0.3 is 15.4 Å². The van der Waals surface area contributed by atoms with Crippen LogP contribution in [-0.4, -0.2) is 23.1 Å². The van der Waals surface area contributed by atoms with Crippen molar-refractivity contribution < 1.29 is 9.13 Å². The van der Waals surface area contributed by atoms with Crippen LogP contribution in [0.2, 0.25) is 0 Å². The Morgan fingerprint density at radius 1 is 1.11 bits per heavy atom. The molecular weight excluding hydrogens is 343 g/mol. The number of nitrogens with zero attached hydrogens (tertiary/aromatic N) is 3. The summed E-state index contributed by atoms with van der Waals surface area (Å²) in [5, 5.41) is 0. The van der Waals surface area contributed by atoms with E-state index in [0.29, 0.717) is 41.9 Å². The fraction of sp³-hybridized carbons (Fsp3) is 0.238. The predicted molar refractivity (Wildman–Crippen MR) is 103 cm³/mol. The van der Waals surface area contributed by atoms with Crippen molar-refractivity contribution in [3.05, 3.63) is 60.2 Å². The maximum Gasteiger partial charge on any atom is 0.161 e. The Morgan fingerprint density at radius 3 is 2.81 bits per heavy atom. The summed E-state index contributed by atoms with van der Waals surface area (Å²) in [6.45, 7) is 1.21. The molecule has 2 aromatic heterocycles. The summed E-state index contributed by atoms with van der Waals surface area (Å²) in [6, 6.07) is 11.0. The van der Waals surface area contributed by atoms with E-state index < -0.39 is 0 Å². The second-order valence-corrected chi connectivity index (χ2v) is 6.99. The van der Waals surface area contributed by atoms with Gasteiger partial charge in [0, 0.05) is 23.5 Å². The predicted octanol–water partition coefficient (Wildman–Crippen LogP) is 4.27. The molecule has 5 rings (SSSR count). The minimum absolute atomic E-state index is 0.261. The topological polar surface area (TPSA) is 64.3 Å². The maximum absolute atomic E-state index is 14.5. The summed E-state index contributed by atoms with van der Waals surface area (Å²) in [5.41, 5.74) is 9.94. The highest BCUT2D eigenvalue weighted by atomic mass is 19.1. The monoisotopic (exact) mass is 362 g/mol. The summed E-state index contributed by atoms with van der Waals surface area (Å²) in [4.78, 5) is 10.6. The zero-order valence-electron chi connectivity index (χ0n) is 14.7. The number of benzene rings is 1. The third kappa shape index (κ3) is 2.97. The summed E-state index contributed by atoms with van der Waals surface area (Å²) in [7, 11) is 0. The van der Waals surface area contributed by atoms with Gasteiger partial charge in [0.15, 0.2) is 5.75 Å². The van der Waals surface area contributed by atoms with Gasteiger partial charge in [0.2, 0.25) is 0 Å². The molecule has 3 aromatic rings. The first-order chi connectivity index (χ1) is 13.2. The summed E-state index contributed by atoms with van der Waals surface area (Å²) in [6.07, 6.45) is 5.70. The van der Waals surface area contributed by atoms with Gasteiger partial charge >= 0.3 is 0 Å². The highest BCUT2D eigenvalue weighted by molar-refractivity contribution is 5.76. The SMILES string of the molecule is Nc1cc(N2CCOc3cnc(-c4cc(C5CC5)ccc4F)cc32)ccn1. The van der Waals surface area contributed by atoms with Crippen LogP contribution < -0.4 is 15.4 Å². The Bertz CT molecular complexity index is 1020. The number of ether oxygens (including phenoxy) is 1. The Morgan fingerprint density at radius 2 is 2.00 bits per heavy atom. The van der Waals surface area contributed by atoms with Crippen LogP contribution in [0, 0.1) is 5.82 Å². The van der Waals surface area contributed by atoms with Crippen molar-refractivity contribution in [1.29, 1.82) is 0 Å². The molecule has 0 radical (unpaired) electrons. The van der Waals surface area contributed by atoms with Gasteiger partial charge in [-0.25, -0.2) is 9.37 Å². The Kier molecular flexibility index (Phi) is 3.70. The van der Waals surface area contributed by atoms with Crippen LogP contribution >= 0.6 is 0 Å². The third-order valence-electron chi connectivity index (χ3n) is 5.10. The molecule has 3 heterocycles. The molecule has 1 saturated carbocycles. The highest BCUT2D eigenvalue weighted by Gasteiger charge is 2.26. The average molecular weight is 362 g/mol. The summed E-state index contributed by atoms with van der Waals surface area (Å²) < 4.78 is 20.3. The lowest BCUT2D eigenvalue weighted by molar-refractivity contribution is 0.313. The zero-order valence-corrected chi connectivity index (χ0v) is 14.7. The third-order valence-corrected chi connectivity index (χ3v) is 5.10. The Labute approximate surface area is 156 Å². The second kappa shape index (κ2) is 6.23. The molecule has 5 nitrogen and oxygen atoms in total. The average Bonchev–Trinajstić information content (AvgIpc) is 3.53. The minimum Gasteiger partial charge on any atom is -0.488 e. The number of aromatic nitrogens is 2. The first kappa shape index (κ1) is 16.1. The standard InChI is InChI=1S/C21H19FN4O/c22-17-4-3-14(13-1-2-13)9-16(17)18-11-19-20(12-25-18)27-8-7-26(19)15-5-6-24-21(23)10-15/h3-6,9-13H,1-2,7-8H2,(H2,23,24). The highest BCUT2D eigenvalue weighted by Crippen LogP contribution is 2.43. The molecule has 1 aliphatic carbocycles. The lowest BCUT2D eigenvalue weighted by Gasteiger charge is -2.31. The van der Waals surface area contributed by atoms with Gasteiger partial charge in [0.25, 0.3) is 0 Å². The van der Waals surface area contributed by atoms with E-state index in [2.05, 4.69) is 14.9 Å². The van der Waals surface area contributed by atoms with E-state index in [9.17, 15) is 4.39 Å². The molecule has 0 atom stereocenters. The van der Waals surface area contributed by atoms with Gasteiger partial charge in [0.05, 0.1) is 24.1 Å². The molecule has 0 unspecified atom stereocenters. The van der Waals surface area contributed by atoms with E-state index >= 15 is 0 Å². The summed E-state index contributed by atoms with van der Waals surface area (Å²) in [5.74, 6) is 1.43. The number of hydrogen-bond acceptors (Lipinski definition) is 5. The molecular formula is C21H19FN4O. The number of pyridine rings is 2. The van der Waals surface area contributed by atoms with Gasteiger partial charge in [-0.3, -0.25) is 4.98 Å². The molecule has 0 bridgehead atoms. The van der Waals surface area contributed by atoms with Crippen LogP contribution in [0.3, 0.4) is 0 Å². The van der Waals surface area contributed by atoms with E-state index in [4.69, 9.17) is 10.5 Å². The van der Waals surface area contributed by atoms with Crippen LogP contribution in [0.15, 0.2) is 48.8 Å². The van der Waals surface area contributed by atoms with E-state index in [1.54, 1.807) is 18.5 Å². The van der Waals surface area contributed by atoms with Crippen molar-refractivity contribution >= 4 is 17.2 Å². The smallest absolute Gasteiger partial charge is 0.161 e. The Balaban J connectivity index is 1.59. The van der Waals surface area contributed by atoms with Crippen LogP contribution in [0.1, 0.15) is 24.3 Å². The first-order valence-electron chi connectivity index (χ1n) is 9.11. The molecule has 6 heteroatoms. The fourth-order valence-electron chi connectivity index (χ4n) is 3.55. The maximum atomic E-state index is 14.5. The lowest BCUT2D eigenvalue weighted by Crippen LogP contribution is -2.28. The molecule has 0 amide bonds. The van der Waals surface area contributed by atoms with Gasteiger partial charge in [-0.05, 0) is 48.6 Å². The van der Waals surface area contributed by atoms with Crippen LogP contribution in [0.5, 0.6) is 5.75 Å². The molecule has 27 heavy (non-hydrogen) atoms. The molecule has 1 aromatic carbocycles. The molecule has 0 saturated heterocycles. The van der Waals surface area contributed by atoms with Crippen molar-refractivity contribution in [1.82, 2.24) is 9.97 Å². The number of nitrogens with two attached hydrogens (primary N) is 1. The fourth-order valence-corrected chi connectivity index (χ4v) is 3.55. The first-order valence-corrected chi connectivity index (χ1v) is 9.11. The number of anilines is 3. The van der Waals surface area contributed by atoms with Crippen molar-refractivity contribution in [3.63, 3.8) is 0 Å². The number of fused-ring (bicyclic) bond motifs is 1. The second-order valence-electron chi connectivity index (χ2n) is 6.99. The van der Waals surface area contributed by atoms with Gasteiger partial charge in [-0.2, -0.15) is 0 Å². The largest absolute Gasteiger partial charge is 0.488 e. The van der Waals surface area contributed by atoms with E-state index in [1.807, 2.05) is 30.3 Å². The van der Waals surface area contributed by atoms with Crippen molar-refractivity contribution in [2.75, 3.05) is 23.8 Å². The van der Waals surface area contributed by atoms with E-state index in [1.165, 1.54) is 18.4 Å². The van der Waals surface area contributed by atoms with Crippen LogP contribution in [-0.2, 0) is 0 Å². The number of nitrogen functional groups attached to an aromatic ring is 1. The minimum atomic E-state index is -0.261. The molecule has 0 spiro atoms. The molecule has 136 valence electrons. The normalized spacial score (nSPS) is 16.0. The van der Waals surface area contributed by atoms with E-state index in [0.717, 1.165) is 11.4 Å². The quantitative estimate of drug-likeness (QED) is 0.754. The summed E-state index contributed by atoms with van der Waals surface area (Å²) >= 11 is 0. The molecule has 1 fully saturated rings.